The van der Waals surface area contributed by atoms with Crippen LogP contribution < -0.4 is 11.3 Å². The van der Waals surface area contributed by atoms with Crippen LogP contribution in [-0.2, 0) is 6.54 Å². The van der Waals surface area contributed by atoms with Crippen molar-refractivity contribution >= 4 is 5.69 Å². The van der Waals surface area contributed by atoms with Crippen molar-refractivity contribution in [3.05, 3.63) is 37.8 Å². The van der Waals surface area contributed by atoms with E-state index in [-0.39, 0.29) is 12.2 Å². The second-order valence-corrected chi connectivity index (χ2v) is 2.68. The third-order valence-electron chi connectivity index (χ3n) is 1.74. The lowest BCUT2D eigenvalue weighted by Crippen LogP contribution is -2.16. The molecule has 1 heterocycles. The number of nitrogens with two attached hydrogens (primary N) is 1. The van der Waals surface area contributed by atoms with Crippen molar-refractivity contribution in [1.82, 2.24) is 4.98 Å². The van der Waals surface area contributed by atoms with Gasteiger partial charge in [-0.05, 0) is 0 Å². The van der Waals surface area contributed by atoms with Gasteiger partial charge in [0, 0.05) is 12.6 Å². The second-order valence-electron chi connectivity index (χ2n) is 2.68. The lowest BCUT2D eigenvalue weighted by atomic mass is 10.2. The number of pyridine rings is 1. The van der Waals surface area contributed by atoms with Crippen LogP contribution in [0.2, 0.25) is 0 Å². The van der Waals surface area contributed by atoms with Gasteiger partial charge in [0.15, 0.2) is 0 Å². The molecule has 0 aliphatic carbocycles. The van der Waals surface area contributed by atoms with Gasteiger partial charge in [0.1, 0.15) is 11.3 Å². The van der Waals surface area contributed by atoms with E-state index < -0.39 is 28.2 Å². The molecule has 0 radical (unpaired) electrons. The molecule has 6 nitrogen and oxygen atoms in total. The van der Waals surface area contributed by atoms with Crippen molar-refractivity contribution in [3.8, 4) is 0 Å². The minimum atomic E-state index is -3.09. The summed E-state index contributed by atoms with van der Waals surface area (Å²) in [5.74, 6) is 0. The van der Waals surface area contributed by atoms with Crippen molar-refractivity contribution in [1.29, 1.82) is 0 Å². The molecular formula is C7H7F2N3O3. The molecule has 0 saturated heterocycles. The summed E-state index contributed by atoms with van der Waals surface area (Å²) in [6, 6.07) is 0.502. The van der Waals surface area contributed by atoms with Crippen LogP contribution in [0.4, 0.5) is 14.5 Å². The standard InChI is InChI=1S/C7H7F2N3O3/c8-7(9)3-1-5(13)11-4(2-10)6(3)12(14)15/h1,7H,2,10H2,(H,11,13). The normalized spacial score (nSPS) is 10.7. The Labute approximate surface area is 81.9 Å². The fourth-order valence-electron chi connectivity index (χ4n) is 1.16. The lowest BCUT2D eigenvalue weighted by Gasteiger charge is -2.04. The van der Waals surface area contributed by atoms with E-state index in [4.69, 9.17) is 5.73 Å². The highest BCUT2D eigenvalue weighted by Gasteiger charge is 2.26. The van der Waals surface area contributed by atoms with Crippen LogP contribution in [0.5, 0.6) is 0 Å². The Balaban J connectivity index is 3.54. The predicted octanol–water partition coefficient (Wildman–Crippen LogP) is 0.679. The maximum absolute atomic E-state index is 12.4. The van der Waals surface area contributed by atoms with Crippen LogP contribution >= 0.6 is 0 Å². The molecule has 15 heavy (non-hydrogen) atoms. The molecule has 3 N–H and O–H groups in total. The van der Waals surface area contributed by atoms with E-state index in [9.17, 15) is 23.7 Å². The zero-order valence-electron chi connectivity index (χ0n) is 7.37. The smallest absolute Gasteiger partial charge is 0.298 e. The number of nitrogens with zero attached hydrogens (tertiary/aromatic N) is 1. The van der Waals surface area contributed by atoms with Gasteiger partial charge in [-0.25, -0.2) is 8.78 Å². The van der Waals surface area contributed by atoms with E-state index in [1.165, 1.54) is 0 Å². The lowest BCUT2D eigenvalue weighted by molar-refractivity contribution is -0.387. The summed E-state index contributed by atoms with van der Waals surface area (Å²) in [6.45, 7) is -0.383. The molecule has 1 aromatic rings. The van der Waals surface area contributed by atoms with Crippen molar-refractivity contribution in [2.75, 3.05) is 0 Å². The van der Waals surface area contributed by atoms with Crippen molar-refractivity contribution < 1.29 is 13.7 Å². The molecule has 0 saturated carbocycles. The number of halogens is 2. The Morgan fingerprint density at radius 2 is 2.20 bits per heavy atom. The highest BCUT2D eigenvalue weighted by atomic mass is 19.3. The van der Waals surface area contributed by atoms with E-state index in [2.05, 4.69) is 0 Å². The number of nitrogens with one attached hydrogen (secondary N) is 1. The summed E-state index contributed by atoms with van der Waals surface area (Å²) in [7, 11) is 0. The SMILES string of the molecule is NCc1[nH]c(=O)cc(C(F)F)c1[N+](=O)[O-]. The third kappa shape index (κ3) is 2.15. The number of rotatable bonds is 3. The van der Waals surface area contributed by atoms with Crippen LogP contribution in [-0.4, -0.2) is 9.91 Å². The number of aromatic nitrogens is 1. The van der Waals surface area contributed by atoms with Crippen molar-refractivity contribution in [2.45, 2.75) is 13.0 Å². The monoisotopic (exact) mass is 219 g/mol. The fourth-order valence-corrected chi connectivity index (χ4v) is 1.16. The molecule has 1 aromatic heterocycles. The van der Waals surface area contributed by atoms with E-state index in [1.54, 1.807) is 0 Å². The van der Waals surface area contributed by atoms with Crippen molar-refractivity contribution in [3.63, 3.8) is 0 Å². The van der Waals surface area contributed by atoms with Gasteiger partial charge in [-0.3, -0.25) is 14.9 Å². The molecule has 0 bridgehead atoms. The summed E-state index contributed by atoms with van der Waals surface area (Å²) >= 11 is 0. The van der Waals surface area contributed by atoms with E-state index in [0.717, 1.165) is 0 Å². The molecule has 0 unspecified atom stereocenters. The fraction of sp³-hybridized carbons (Fsp3) is 0.286. The van der Waals surface area contributed by atoms with Crippen LogP contribution in [0.3, 0.4) is 0 Å². The van der Waals surface area contributed by atoms with Crippen LogP contribution in [0, 0.1) is 10.1 Å². The van der Waals surface area contributed by atoms with Crippen LogP contribution in [0.25, 0.3) is 0 Å². The van der Waals surface area contributed by atoms with E-state index >= 15 is 0 Å². The Morgan fingerprint density at radius 3 is 2.60 bits per heavy atom. The molecular weight excluding hydrogens is 212 g/mol. The number of H-pyrrole nitrogens is 1. The first-order valence-electron chi connectivity index (χ1n) is 3.86. The molecule has 1 rings (SSSR count). The Morgan fingerprint density at radius 1 is 1.60 bits per heavy atom. The number of alkyl halides is 2. The summed E-state index contributed by atoms with van der Waals surface area (Å²) in [5, 5.41) is 10.5. The average Bonchev–Trinajstić information content (AvgIpc) is 2.15. The van der Waals surface area contributed by atoms with Gasteiger partial charge in [0.25, 0.3) is 12.1 Å². The minimum absolute atomic E-state index is 0.303. The summed E-state index contributed by atoms with van der Waals surface area (Å²) < 4.78 is 24.8. The van der Waals surface area contributed by atoms with Gasteiger partial charge < -0.3 is 10.7 Å². The first-order valence-corrected chi connectivity index (χ1v) is 3.86. The van der Waals surface area contributed by atoms with Gasteiger partial charge in [-0.1, -0.05) is 0 Å². The molecule has 0 aromatic carbocycles. The zero-order chi connectivity index (χ0) is 11.6. The topological polar surface area (TPSA) is 102 Å². The van der Waals surface area contributed by atoms with Crippen molar-refractivity contribution in [2.24, 2.45) is 5.73 Å². The average molecular weight is 219 g/mol. The van der Waals surface area contributed by atoms with Crippen LogP contribution in [0.1, 0.15) is 17.7 Å². The molecule has 0 aliphatic rings. The number of hydrogen-bond donors (Lipinski definition) is 2. The molecule has 82 valence electrons. The first-order chi connectivity index (χ1) is 6.97. The van der Waals surface area contributed by atoms with E-state index in [1.807, 2.05) is 4.98 Å². The number of hydrogen-bond acceptors (Lipinski definition) is 4. The number of nitro groups is 1. The third-order valence-corrected chi connectivity index (χ3v) is 1.74. The van der Waals surface area contributed by atoms with Gasteiger partial charge in [-0.2, -0.15) is 0 Å². The molecule has 0 fully saturated rings. The largest absolute Gasteiger partial charge is 0.325 e. The maximum Gasteiger partial charge on any atom is 0.298 e. The minimum Gasteiger partial charge on any atom is -0.325 e. The zero-order valence-corrected chi connectivity index (χ0v) is 7.37. The molecule has 0 amide bonds. The highest BCUT2D eigenvalue weighted by Crippen LogP contribution is 2.29. The summed E-state index contributed by atoms with van der Waals surface area (Å²) in [6.07, 6.45) is -3.09. The molecule has 8 heteroatoms. The van der Waals surface area contributed by atoms with Crippen LogP contribution in [0.15, 0.2) is 10.9 Å². The predicted molar refractivity (Wildman–Crippen MR) is 46.6 cm³/mol. The van der Waals surface area contributed by atoms with Gasteiger partial charge in [0.05, 0.1) is 4.92 Å². The summed E-state index contributed by atoms with van der Waals surface area (Å²) in [5.41, 5.74) is 2.23. The van der Waals surface area contributed by atoms with Gasteiger partial charge in [0.2, 0.25) is 5.56 Å². The number of aromatic amines is 1. The quantitative estimate of drug-likeness (QED) is 0.576. The molecule has 0 spiro atoms. The van der Waals surface area contributed by atoms with Gasteiger partial charge in [-0.15, -0.1) is 0 Å². The summed E-state index contributed by atoms with van der Waals surface area (Å²) in [4.78, 5) is 22.5. The Hall–Kier alpha value is -1.83. The molecule has 0 atom stereocenters. The Bertz CT molecular complexity index is 444. The highest BCUT2D eigenvalue weighted by molar-refractivity contribution is 5.44. The van der Waals surface area contributed by atoms with E-state index in [0.29, 0.717) is 6.07 Å². The van der Waals surface area contributed by atoms with Gasteiger partial charge >= 0.3 is 0 Å². The maximum atomic E-state index is 12.4. The Kier molecular flexibility index (Phi) is 3.10. The molecule has 0 aliphatic heterocycles. The second kappa shape index (κ2) is 4.13. The first kappa shape index (κ1) is 11.2.